The third-order valence-electron chi connectivity index (χ3n) is 5.29. The third-order valence-corrected chi connectivity index (χ3v) is 5.29. The van der Waals surface area contributed by atoms with E-state index in [9.17, 15) is 9.59 Å². The minimum absolute atomic E-state index is 0.00707. The van der Waals surface area contributed by atoms with Gasteiger partial charge in [0.15, 0.2) is 0 Å². The number of nitrogens with zero attached hydrogens (tertiary/aromatic N) is 1. The smallest absolute Gasteiger partial charge is 0.227 e. The summed E-state index contributed by atoms with van der Waals surface area (Å²) >= 11 is 0. The monoisotopic (exact) mass is 410 g/mol. The molecule has 2 amide bonds. The van der Waals surface area contributed by atoms with Crippen LogP contribution in [-0.4, -0.2) is 50.1 Å². The fourth-order valence-electron chi connectivity index (χ4n) is 3.58. The van der Waals surface area contributed by atoms with Crippen LogP contribution >= 0.6 is 0 Å². The average molecular weight is 411 g/mol. The van der Waals surface area contributed by atoms with Gasteiger partial charge in [-0.15, -0.1) is 0 Å². The molecule has 1 heterocycles. The van der Waals surface area contributed by atoms with Gasteiger partial charge in [-0.3, -0.25) is 9.59 Å². The van der Waals surface area contributed by atoms with E-state index in [1.54, 1.807) is 7.11 Å². The summed E-state index contributed by atoms with van der Waals surface area (Å²) in [7, 11) is 1.64. The highest BCUT2D eigenvalue weighted by atomic mass is 16.5. The molecule has 1 aliphatic heterocycles. The summed E-state index contributed by atoms with van der Waals surface area (Å²) in [6.45, 7) is 2.73. The largest absolute Gasteiger partial charge is 0.491 e. The summed E-state index contributed by atoms with van der Waals surface area (Å²) in [6.07, 6.45) is 2.05. The molecule has 0 radical (unpaired) electrons. The summed E-state index contributed by atoms with van der Waals surface area (Å²) < 4.78 is 10.5. The van der Waals surface area contributed by atoms with E-state index in [0.717, 1.165) is 36.3 Å². The Kier molecular flexibility index (Phi) is 8.27. The van der Waals surface area contributed by atoms with E-state index in [4.69, 9.17) is 9.47 Å². The van der Waals surface area contributed by atoms with Gasteiger partial charge in [0.25, 0.3) is 0 Å². The Morgan fingerprint density at radius 3 is 2.53 bits per heavy atom. The molecule has 1 saturated heterocycles. The minimum atomic E-state index is -0.157. The Morgan fingerprint density at radius 2 is 1.80 bits per heavy atom. The van der Waals surface area contributed by atoms with Crippen molar-refractivity contribution in [2.75, 3.05) is 33.4 Å². The maximum atomic E-state index is 12.7. The first-order chi connectivity index (χ1) is 14.7. The molecule has 0 aliphatic carbocycles. The summed E-state index contributed by atoms with van der Waals surface area (Å²) in [4.78, 5) is 27.1. The van der Waals surface area contributed by atoms with E-state index in [1.807, 2.05) is 59.5 Å². The van der Waals surface area contributed by atoms with E-state index in [-0.39, 0.29) is 17.7 Å². The van der Waals surface area contributed by atoms with E-state index < -0.39 is 0 Å². The highest BCUT2D eigenvalue weighted by molar-refractivity contribution is 5.82. The normalized spacial score (nSPS) is 16.2. The molecule has 2 aromatic rings. The number of rotatable bonds is 9. The van der Waals surface area contributed by atoms with Gasteiger partial charge in [-0.2, -0.15) is 0 Å². The fraction of sp³-hybridized carbons (Fsp3) is 0.417. The number of carbonyl (C=O) groups is 2. The summed E-state index contributed by atoms with van der Waals surface area (Å²) in [5.41, 5.74) is 2.01. The van der Waals surface area contributed by atoms with Crippen molar-refractivity contribution in [2.45, 2.75) is 25.8 Å². The summed E-state index contributed by atoms with van der Waals surface area (Å²) in [5, 5.41) is 3.01. The predicted molar refractivity (Wildman–Crippen MR) is 115 cm³/mol. The molecular formula is C24H30N2O4. The quantitative estimate of drug-likeness (QED) is 0.646. The van der Waals surface area contributed by atoms with Crippen LogP contribution in [0.25, 0.3) is 0 Å². The number of benzene rings is 2. The van der Waals surface area contributed by atoms with Crippen molar-refractivity contribution in [1.82, 2.24) is 10.2 Å². The van der Waals surface area contributed by atoms with Crippen molar-refractivity contribution in [3.8, 4) is 5.75 Å². The van der Waals surface area contributed by atoms with Crippen molar-refractivity contribution in [3.63, 3.8) is 0 Å². The summed E-state index contributed by atoms with van der Waals surface area (Å²) in [6, 6.07) is 17.4. The lowest BCUT2D eigenvalue weighted by atomic mass is 9.96. The number of likely N-dealkylation sites (tertiary alicyclic amines) is 1. The van der Waals surface area contributed by atoms with Gasteiger partial charge in [0.05, 0.1) is 18.9 Å². The lowest BCUT2D eigenvalue weighted by Crippen LogP contribution is -2.45. The molecule has 0 aromatic heterocycles. The lowest BCUT2D eigenvalue weighted by Gasteiger charge is -2.32. The number of piperidine rings is 1. The zero-order chi connectivity index (χ0) is 21.2. The first-order valence-electron chi connectivity index (χ1n) is 10.5. The van der Waals surface area contributed by atoms with Crippen LogP contribution in [0.2, 0.25) is 0 Å². The number of carbonyl (C=O) groups excluding carboxylic acids is 2. The maximum Gasteiger partial charge on any atom is 0.227 e. The Bertz CT molecular complexity index is 808. The molecule has 1 fully saturated rings. The van der Waals surface area contributed by atoms with Crippen LogP contribution in [0.4, 0.5) is 0 Å². The van der Waals surface area contributed by atoms with Gasteiger partial charge in [0.2, 0.25) is 11.8 Å². The SMILES string of the molecule is COCCOc1ccc(CNC(=O)C2CCCN(C(=O)Cc3ccccc3)C2)cc1. The number of ether oxygens (including phenoxy) is 2. The molecule has 1 atom stereocenters. The highest BCUT2D eigenvalue weighted by Gasteiger charge is 2.28. The van der Waals surface area contributed by atoms with E-state index >= 15 is 0 Å². The first kappa shape index (κ1) is 21.8. The molecule has 2 aromatic carbocycles. The number of amides is 2. The van der Waals surface area contributed by atoms with Crippen molar-refractivity contribution >= 4 is 11.8 Å². The molecule has 0 spiro atoms. The van der Waals surface area contributed by atoms with Gasteiger partial charge >= 0.3 is 0 Å². The summed E-state index contributed by atoms with van der Waals surface area (Å²) in [5.74, 6) is 0.715. The van der Waals surface area contributed by atoms with Crippen LogP contribution in [0.15, 0.2) is 54.6 Å². The topological polar surface area (TPSA) is 67.9 Å². The number of hydrogen-bond acceptors (Lipinski definition) is 4. The first-order valence-corrected chi connectivity index (χ1v) is 10.5. The molecule has 3 rings (SSSR count). The second kappa shape index (κ2) is 11.4. The van der Waals surface area contributed by atoms with Crippen molar-refractivity contribution in [1.29, 1.82) is 0 Å². The molecule has 0 saturated carbocycles. The van der Waals surface area contributed by atoms with Crippen LogP contribution in [0.3, 0.4) is 0 Å². The zero-order valence-corrected chi connectivity index (χ0v) is 17.5. The van der Waals surface area contributed by atoms with Gasteiger partial charge in [-0.05, 0) is 36.1 Å². The van der Waals surface area contributed by atoms with Gasteiger partial charge < -0.3 is 19.7 Å². The van der Waals surface area contributed by atoms with Crippen LogP contribution in [0.1, 0.15) is 24.0 Å². The van der Waals surface area contributed by atoms with Crippen LogP contribution < -0.4 is 10.1 Å². The van der Waals surface area contributed by atoms with Crippen LogP contribution in [-0.2, 0) is 27.3 Å². The number of methoxy groups -OCH3 is 1. The van der Waals surface area contributed by atoms with Gasteiger partial charge in [0, 0.05) is 26.7 Å². The second-order valence-corrected chi connectivity index (χ2v) is 7.54. The van der Waals surface area contributed by atoms with E-state index in [1.165, 1.54) is 0 Å². The van der Waals surface area contributed by atoms with Crippen molar-refractivity contribution in [3.05, 3.63) is 65.7 Å². The second-order valence-electron chi connectivity index (χ2n) is 7.54. The maximum absolute atomic E-state index is 12.7. The molecular weight excluding hydrogens is 380 g/mol. The average Bonchev–Trinajstić information content (AvgIpc) is 2.79. The Balaban J connectivity index is 1.45. The van der Waals surface area contributed by atoms with Crippen molar-refractivity contribution < 1.29 is 19.1 Å². The zero-order valence-electron chi connectivity index (χ0n) is 17.5. The van der Waals surface area contributed by atoms with Gasteiger partial charge in [-0.1, -0.05) is 42.5 Å². The van der Waals surface area contributed by atoms with E-state index in [0.29, 0.717) is 32.7 Å². The Labute approximate surface area is 178 Å². The molecule has 160 valence electrons. The molecule has 1 unspecified atom stereocenters. The molecule has 1 aliphatic rings. The van der Waals surface area contributed by atoms with Crippen molar-refractivity contribution in [2.24, 2.45) is 5.92 Å². The van der Waals surface area contributed by atoms with Gasteiger partial charge in [-0.25, -0.2) is 0 Å². The fourth-order valence-corrected chi connectivity index (χ4v) is 3.58. The number of nitrogens with one attached hydrogen (secondary N) is 1. The molecule has 1 N–H and O–H groups in total. The Hall–Kier alpha value is -2.86. The van der Waals surface area contributed by atoms with Crippen LogP contribution in [0, 0.1) is 5.92 Å². The molecule has 6 nitrogen and oxygen atoms in total. The standard InChI is InChI=1S/C24H30N2O4/c1-29-14-15-30-22-11-9-20(10-12-22)17-25-24(28)21-8-5-13-26(18-21)23(27)16-19-6-3-2-4-7-19/h2-4,6-7,9-12,21H,5,8,13-18H2,1H3,(H,25,28). The van der Waals surface area contributed by atoms with E-state index in [2.05, 4.69) is 5.32 Å². The number of hydrogen-bond donors (Lipinski definition) is 1. The predicted octanol–water partition coefficient (Wildman–Crippen LogP) is 2.81. The van der Waals surface area contributed by atoms with Gasteiger partial charge in [0.1, 0.15) is 12.4 Å². The van der Waals surface area contributed by atoms with Crippen LogP contribution in [0.5, 0.6) is 5.75 Å². The molecule has 0 bridgehead atoms. The molecule has 30 heavy (non-hydrogen) atoms. The lowest BCUT2D eigenvalue weighted by molar-refractivity contribution is -0.135. The minimum Gasteiger partial charge on any atom is -0.491 e. The molecule has 6 heteroatoms. The third kappa shape index (κ3) is 6.59. The Morgan fingerprint density at radius 1 is 1.03 bits per heavy atom. The highest BCUT2D eigenvalue weighted by Crippen LogP contribution is 2.18.